The highest BCUT2D eigenvalue weighted by Crippen LogP contribution is 2.16. The third-order valence-corrected chi connectivity index (χ3v) is 3.88. The molecular weight excluding hydrogens is 350 g/mol. The summed E-state index contributed by atoms with van der Waals surface area (Å²) in [5.74, 6) is -0.519. The molecule has 0 rings (SSSR count). The van der Waals surface area contributed by atoms with Gasteiger partial charge in [0.25, 0.3) is 0 Å². The Kier molecular flexibility index (Phi) is 9.98. The number of carbonyl (C=O) groups excluding carboxylic acids is 3. The van der Waals surface area contributed by atoms with Crippen LogP contribution in [0.1, 0.15) is 40.0 Å². The number of hydrogen-bond acceptors (Lipinski definition) is 4. The molecule has 0 bridgehead atoms. The summed E-state index contributed by atoms with van der Waals surface area (Å²) in [6.07, 6.45) is 0.677. The minimum absolute atomic E-state index is 0.0443. The molecule has 0 spiro atoms. The Balaban J connectivity index is 4.88. The van der Waals surface area contributed by atoms with Crippen LogP contribution in [-0.2, 0) is 19.1 Å². The second-order valence-electron chi connectivity index (χ2n) is 5.57. The maximum atomic E-state index is 12.4. The molecule has 0 aliphatic heterocycles. The lowest BCUT2D eigenvalue weighted by Crippen LogP contribution is -2.44. The van der Waals surface area contributed by atoms with Crippen molar-refractivity contribution >= 4 is 33.6 Å². The standard InChI is InChI=1S/C16H26BrNO4/c1-6-22-15(20)8-7-14(19)13(9-11(2)3)18(5)16(21)12(4)10-17/h11,13H,4,6-10H2,1-3,5H3. The molecule has 0 saturated carbocycles. The van der Waals surface area contributed by atoms with Gasteiger partial charge in [0.05, 0.1) is 19.1 Å². The molecule has 0 radical (unpaired) electrons. The highest BCUT2D eigenvalue weighted by Gasteiger charge is 2.28. The van der Waals surface area contributed by atoms with Crippen molar-refractivity contribution in [2.75, 3.05) is 19.0 Å². The van der Waals surface area contributed by atoms with Gasteiger partial charge in [0.15, 0.2) is 5.78 Å². The summed E-state index contributed by atoms with van der Waals surface area (Å²) in [6, 6.07) is -0.544. The molecule has 1 amide bonds. The van der Waals surface area contributed by atoms with Crippen LogP contribution in [0.4, 0.5) is 0 Å². The normalized spacial score (nSPS) is 11.9. The van der Waals surface area contributed by atoms with Gasteiger partial charge in [-0.25, -0.2) is 0 Å². The summed E-state index contributed by atoms with van der Waals surface area (Å²) in [5.41, 5.74) is 0.398. The Bertz CT molecular complexity index is 420. The third kappa shape index (κ3) is 7.20. The molecule has 0 aromatic rings. The van der Waals surface area contributed by atoms with Crippen LogP contribution in [0.5, 0.6) is 0 Å². The fourth-order valence-electron chi connectivity index (χ4n) is 2.03. The fourth-order valence-corrected chi connectivity index (χ4v) is 2.27. The van der Waals surface area contributed by atoms with Gasteiger partial charge in [0.1, 0.15) is 0 Å². The molecule has 0 fully saturated rings. The van der Waals surface area contributed by atoms with E-state index in [1.807, 2.05) is 13.8 Å². The van der Waals surface area contributed by atoms with E-state index < -0.39 is 12.0 Å². The maximum absolute atomic E-state index is 12.4. The molecule has 1 atom stereocenters. The van der Waals surface area contributed by atoms with Gasteiger partial charge in [-0.1, -0.05) is 36.4 Å². The maximum Gasteiger partial charge on any atom is 0.306 e. The minimum atomic E-state index is -0.544. The van der Waals surface area contributed by atoms with Crippen molar-refractivity contribution in [3.8, 4) is 0 Å². The zero-order valence-corrected chi connectivity index (χ0v) is 15.4. The van der Waals surface area contributed by atoms with Gasteiger partial charge in [-0.3, -0.25) is 14.4 Å². The van der Waals surface area contributed by atoms with E-state index in [0.29, 0.717) is 23.9 Å². The quantitative estimate of drug-likeness (QED) is 0.334. The fraction of sp³-hybridized carbons (Fsp3) is 0.688. The first-order valence-corrected chi connectivity index (χ1v) is 8.55. The molecule has 126 valence electrons. The van der Waals surface area contributed by atoms with E-state index in [-0.39, 0.29) is 30.4 Å². The second-order valence-corrected chi connectivity index (χ2v) is 6.13. The number of esters is 1. The molecule has 5 nitrogen and oxygen atoms in total. The predicted molar refractivity (Wildman–Crippen MR) is 89.8 cm³/mol. The smallest absolute Gasteiger partial charge is 0.306 e. The Morgan fingerprint density at radius 2 is 1.82 bits per heavy atom. The first-order chi connectivity index (χ1) is 10.2. The molecule has 0 aromatic carbocycles. The van der Waals surface area contributed by atoms with Gasteiger partial charge < -0.3 is 9.64 Å². The number of Topliss-reactive ketones (excluding diaryl/α,β-unsaturated/α-hetero) is 1. The zero-order valence-electron chi connectivity index (χ0n) is 13.9. The average Bonchev–Trinajstić information content (AvgIpc) is 2.48. The number of likely N-dealkylation sites (N-methyl/N-ethyl adjacent to an activating group) is 1. The minimum Gasteiger partial charge on any atom is -0.466 e. The summed E-state index contributed by atoms with van der Waals surface area (Å²) in [5, 5.41) is 0.363. The Morgan fingerprint density at radius 1 is 1.23 bits per heavy atom. The van der Waals surface area contributed by atoms with E-state index in [1.54, 1.807) is 14.0 Å². The van der Waals surface area contributed by atoms with Crippen molar-refractivity contribution in [1.29, 1.82) is 0 Å². The van der Waals surface area contributed by atoms with E-state index in [9.17, 15) is 14.4 Å². The van der Waals surface area contributed by atoms with Crippen LogP contribution in [0.15, 0.2) is 12.2 Å². The van der Waals surface area contributed by atoms with Crippen molar-refractivity contribution in [2.45, 2.75) is 46.1 Å². The van der Waals surface area contributed by atoms with Crippen molar-refractivity contribution < 1.29 is 19.1 Å². The Hall–Kier alpha value is -1.17. The number of amides is 1. The molecular formula is C16H26BrNO4. The molecule has 0 heterocycles. The number of alkyl halides is 1. The molecule has 0 N–H and O–H groups in total. The van der Waals surface area contributed by atoms with E-state index in [4.69, 9.17) is 4.74 Å². The van der Waals surface area contributed by atoms with Crippen LogP contribution in [-0.4, -0.2) is 47.6 Å². The monoisotopic (exact) mass is 375 g/mol. The van der Waals surface area contributed by atoms with Gasteiger partial charge >= 0.3 is 5.97 Å². The molecule has 0 aliphatic rings. The number of hydrogen-bond donors (Lipinski definition) is 0. The number of carbonyl (C=O) groups is 3. The van der Waals surface area contributed by atoms with Gasteiger partial charge in [-0.2, -0.15) is 0 Å². The summed E-state index contributed by atoms with van der Waals surface area (Å²) in [7, 11) is 1.60. The summed E-state index contributed by atoms with van der Waals surface area (Å²) in [6.45, 7) is 9.69. The van der Waals surface area contributed by atoms with E-state index >= 15 is 0 Å². The van der Waals surface area contributed by atoms with Crippen molar-refractivity contribution in [3.05, 3.63) is 12.2 Å². The molecule has 22 heavy (non-hydrogen) atoms. The molecule has 0 aromatic heterocycles. The van der Waals surface area contributed by atoms with Crippen LogP contribution in [0.25, 0.3) is 0 Å². The largest absolute Gasteiger partial charge is 0.466 e. The highest BCUT2D eigenvalue weighted by molar-refractivity contribution is 9.09. The van der Waals surface area contributed by atoms with Gasteiger partial charge in [-0.05, 0) is 19.3 Å². The third-order valence-electron chi connectivity index (χ3n) is 3.20. The van der Waals surface area contributed by atoms with Crippen molar-refractivity contribution in [2.24, 2.45) is 5.92 Å². The lowest BCUT2D eigenvalue weighted by atomic mass is 9.96. The lowest BCUT2D eigenvalue weighted by molar-refractivity contribution is -0.145. The van der Waals surface area contributed by atoms with Crippen molar-refractivity contribution in [1.82, 2.24) is 4.90 Å². The van der Waals surface area contributed by atoms with Crippen LogP contribution in [0.3, 0.4) is 0 Å². The van der Waals surface area contributed by atoms with E-state index in [2.05, 4.69) is 22.5 Å². The van der Waals surface area contributed by atoms with Gasteiger partial charge in [0.2, 0.25) is 5.91 Å². The Morgan fingerprint density at radius 3 is 2.27 bits per heavy atom. The van der Waals surface area contributed by atoms with Crippen LogP contribution < -0.4 is 0 Å². The molecule has 1 unspecified atom stereocenters. The number of halogens is 1. The van der Waals surface area contributed by atoms with Gasteiger partial charge in [-0.15, -0.1) is 0 Å². The summed E-state index contributed by atoms with van der Waals surface area (Å²) < 4.78 is 4.82. The van der Waals surface area contributed by atoms with E-state index in [1.165, 1.54) is 4.90 Å². The Labute approximate surface area is 141 Å². The van der Waals surface area contributed by atoms with Crippen molar-refractivity contribution in [3.63, 3.8) is 0 Å². The number of ketones is 1. The van der Waals surface area contributed by atoms with Crippen LogP contribution >= 0.6 is 15.9 Å². The topological polar surface area (TPSA) is 63.7 Å². The molecule has 0 aliphatic carbocycles. The summed E-state index contributed by atoms with van der Waals surface area (Å²) in [4.78, 5) is 37.4. The molecule has 6 heteroatoms. The lowest BCUT2D eigenvalue weighted by Gasteiger charge is -2.29. The van der Waals surface area contributed by atoms with Crippen LogP contribution in [0.2, 0.25) is 0 Å². The first-order valence-electron chi connectivity index (χ1n) is 7.43. The number of ether oxygens (including phenoxy) is 1. The first kappa shape index (κ1) is 20.8. The van der Waals surface area contributed by atoms with E-state index in [0.717, 1.165) is 0 Å². The number of rotatable bonds is 10. The van der Waals surface area contributed by atoms with Gasteiger partial charge in [0, 0.05) is 24.4 Å². The second kappa shape index (κ2) is 10.5. The number of nitrogens with zero attached hydrogens (tertiary/aromatic N) is 1. The zero-order chi connectivity index (χ0) is 17.3. The average molecular weight is 376 g/mol. The SMILES string of the molecule is C=C(CBr)C(=O)N(C)C(CC(C)C)C(=O)CCC(=O)OCC. The van der Waals surface area contributed by atoms with Crippen LogP contribution in [0, 0.1) is 5.92 Å². The predicted octanol–water partition coefficient (Wildman–Crippen LogP) is 2.72. The summed E-state index contributed by atoms with van der Waals surface area (Å²) >= 11 is 3.19. The highest BCUT2D eigenvalue weighted by atomic mass is 79.9. The molecule has 0 saturated heterocycles.